The molecule has 5 nitrogen and oxygen atoms in total. The highest BCUT2D eigenvalue weighted by atomic mass is 32.1. The van der Waals surface area contributed by atoms with E-state index in [0.29, 0.717) is 23.2 Å². The molecule has 19 heavy (non-hydrogen) atoms. The molecule has 1 fully saturated rings. The van der Waals surface area contributed by atoms with Gasteiger partial charge in [-0.2, -0.15) is 0 Å². The van der Waals surface area contributed by atoms with Crippen molar-refractivity contribution in [1.29, 1.82) is 0 Å². The molecular weight excluding hydrogens is 262 g/mol. The summed E-state index contributed by atoms with van der Waals surface area (Å²) in [4.78, 5) is 2.74. The van der Waals surface area contributed by atoms with E-state index < -0.39 is 0 Å². The van der Waals surface area contributed by atoms with E-state index in [1.54, 1.807) is 17.0 Å². The van der Waals surface area contributed by atoms with Crippen LogP contribution in [-0.2, 0) is 6.67 Å². The summed E-state index contributed by atoms with van der Waals surface area (Å²) >= 11 is 5.20. The summed E-state index contributed by atoms with van der Waals surface area (Å²) in [5, 5.41) is 4.38. The molecule has 0 N–H and O–H groups in total. The predicted octanol–water partition coefficient (Wildman–Crippen LogP) is 3.15. The summed E-state index contributed by atoms with van der Waals surface area (Å²) in [5.41, 5.74) is 0. The lowest BCUT2D eigenvalue weighted by Gasteiger charge is -2.29. The highest BCUT2D eigenvalue weighted by Crippen LogP contribution is 2.20. The summed E-state index contributed by atoms with van der Waals surface area (Å²) in [7, 11) is 0. The van der Waals surface area contributed by atoms with Crippen LogP contribution in [-0.4, -0.2) is 27.8 Å². The van der Waals surface area contributed by atoms with E-state index in [1.165, 1.54) is 12.8 Å². The van der Waals surface area contributed by atoms with Crippen molar-refractivity contribution < 1.29 is 8.83 Å². The van der Waals surface area contributed by atoms with Gasteiger partial charge >= 0.3 is 0 Å². The van der Waals surface area contributed by atoms with Crippen LogP contribution >= 0.6 is 12.2 Å². The third-order valence-corrected chi connectivity index (χ3v) is 3.84. The lowest BCUT2D eigenvalue weighted by molar-refractivity contribution is 0.144. The van der Waals surface area contributed by atoms with Crippen LogP contribution in [0.25, 0.3) is 11.7 Å². The Labute approximate surface area is 116 Å². The molecule has 2 aromatic heterocycles. The first-order valence-electron chi connectivity index (χ1n) is 6.56. The van der Waals surface area contributed by atoms with E-state index >= 15 is 0 Å². The molecule has 0 aromatic carbocycles. The number of rotatable bonds is 3. The van der Waals surface area contributed by atoms with Crippen molar-refractivity contribution >= 4 is 12.2 Å². The first kappa shape index (κ1) is 12.6. The molecule has 0 unspecified atom stereocenters. The minimum Gasteiger partial charge on any atom is -0.459 e. The Morgan fingerprint density at radius 1 is 1.42 bits per heavy atom. The van der Waals surface area contributed by atoms with E-state index in [2.05, 4.69) is 16.9 Å². The molecule has 3 heterocycles. The van der Waals surface area contributed by atoms with Gasteiger partial charge in [0.05, 0.1) is 12.9 Å². The van der Waals surface area contributed by atoms with Gasteiger partial charge in [-0.15, -0.1) is 5.10 Å². The van der Waals surface area contributed by atoms with Crippen LogP contribution in [0.5, 0.6) is 0 Å². The van der Waals surface area contributed by atoms with E-state index in [9.17, 15) is 0 Å². The molecule has 0 saturated carbocycles. The normalized spacial score (nSPS) is 17.9. The maximum atomic E-state index is 5.47. The second-order valence-corrected chi connectivity index (χ2v) is 5.44. The fourth-order valence-electron chi connectivity index (χ4n) is 2.29. The van der Waals surface area contributed by atoms with Crippen LogP contribution in [0.4, 0.5) is 0 Å². The van der Waals surface area contributed by atoms with Gasteiger partial charge in [0.25, 0.3) is 10.7 Å². The Bertz CT molecular complexity index is 579. The molecule has 1 aliphatic heterocycles. The molecule has 0 aliphatic carbocycles. The molecule has 3 rings (SSSR count). The number of hydrogen-bond donors (Lipinski definition) is 0. The fraction of sp³-hybridized carbons (Fsp3) is 0.538. The van der Waals surface area contributed by atoms with E-state index in [4.69, 9.17) is 21.1 Å². The number of piperidine rings is 1. The van der Waals surface area contributed by atoms with Gasteiger partial charge in [0.1, 0.15) is 0 Å². The van der Waals surface area contributed by atoms with Crippen molar-refractivity contribution in [2.24, 2.45) is 5.92 Å². The average Bonchev–Trinajstić information content (AvgIpc) is 3.03. The molecule has 0 bridgehead atoms. The first-order valence-corrected chi connectivity index (χ1v) is 6.97. The zero-order chi connectivity index (χ0) is 13.2. The number of aromatic nitrogens is 2. The van der Waals surface area contributed by atoms with Gasteiger partial charge in [-0.25, -0.2) is 4.68 Å². The van der Waals surface area contributed by atoms with Crippen LogP contribution in [0, 0.1) is 10.8 Å². The minimum absolute atomic E-state index is 0.394. The predicted molar refractivity (Wildman–Crippen MR) is 73.0 cm³/mol. The van der Waals surface area contributed by atoms with Crippen LogP contribution in [0.1, 0.15) is 19.8 Å². The third-order valence-electron chi connectivity index (χ3n) is 3.55. The molecule has 1 aliphatic rings. The molecule has 2 aromatic rings. The number of likely N-dealkylation sites (tertiary alicyclic amines) is 1. The monoisotopic (exact) mass is 279 g/mol. The van der Waals surface area contributed by atoms with E-state index in [-0.39, 0.29) is 0 Å². The van der Waals surface area contributed by atoms with Crippen molar-refractivity contribution in [3.05, 3.63) is 23.2 Å². The van der Waals surface area contributed by atoms with Gasteiger partial charge < -0.3 is 8.83 Å². The Balaban J connectivity index is 1.73. The van der Waals surface area contributed by atoms with Crippen LogP contribution < -0.4 is 0 Å². The molecule has 102 valence electrons. The minimum atomic E-state index is 0.394. The smallest absolute Gasteiger partial charge is 0.288 e. The Morgan fingerprint density at radius 2 is 2.21 bits per heavy atom. The number of hydrogen-bond acceptors (Lipinski definition) is 5. The summed E-state index contributed by atoms with van der Waals surface area (Å²) in [6.45, 7) is 5.17. The van der Waals surface area contributed by atoms with Crippen LogP contribution in [0.3, 0.4) is 0 Å². The maximum Gasteiger partial charge on any atom is 0.288 e. The van der Waals surface area contributed by atoms with E-state index in [0.717, 1.165) is 19.0 Å². The number of furan rings is 1. The zero-order valence-corrected chi connectivity index (χ0v) is 11.7. The van der Waals surface area contributed by atoms with E-state index in [1.807, 2.05) is 6.07 Å². The summed E-state index contributed by atoms with van der Waals surface area (Å²) < 4.78 is 12.5. The lowest BCUT2D eigenvalue weighted by Crippen LogP contribution is -2.34. The molecular formula is C13H17N3O2S. The fourth-order valence-corrected chi connectivity index (χ4v) is 2.47. The van der Waals surface area contributed by atoms with Crippen LogP contribution in [0.15, 0.2) is 27.2 Å². The molecule has 6 heteroatoms. The average molecular weight is 279 g/mol. The lowest BCUT2D eigenvalue weighted by atomic mass is 10.00. The second-order valence-electron chi connectivity index (χ2n) is 5.09. The van der Waals surface area contributed by atoms with Crippen molar-refractivity contribution in [2.75, 3.05) is 13.1 Å². The zero-order valence-electron chi connectivity index (χ0n) is 10.9. The molecule has 0 spiro atoms. The molecule has 0 atom stereocenters. The third kappa shape index (κ3) is 2.79. The molecule has 0 amide bonds. The van der Waals surface area contributed by atoms with Crippen molar-refractivity contribution in [3.63, 3.8) is 0 Å². The van der Waals surface area contributed by atoms with Gasteiger partial charge in [-0.05, 0) is 43.1 Å². The van der Waals surface area contributed by atoms with Gasteiger partial charge in [0.15, 0.2) is 5.76 Å². The highest BCUT2D eigenvalue weighted by Gasteiger charge is 2.18. The van der Waals surface area contributed by atoms with Gasteiger partial charge in [-0.1, -0.05) is 6.92 Å². The van der Waals surface area contributed by atoms with Gasteiger partial charge in [-0.3, -0.25) is 4.90 Å². The van der Waals surface area contributed by atoms with Crippen LogP contribution in [0.2, 0.25) is 0 Å². The number of nitrogens with zero attached hydrogens (tertiary/aromatic N) is 3. The Kier molecular flexibility index (Phi) is 3.52. The Morgan fingerprint density at radius 3 is 2.89 bits per heavy atom. The standard InChI is InChI=1S/C13H17N3O2S/c1-10-4-6-15(7-5-10)9-16-13(19)18-12(14-16)11-3-2-8-17-11/h2-3,8,10H,4-7,9H2,1H3. The first-order chi connectivity index (χ1) is 9.22. The van der Waals surface area contributed by atoms with Gasteiger partial charge in [0, 0.05) is 13.1 Å². The van der Waals surface area contributed by atoms with Gasteiger partial charge in [0.2, 0.25) is 0 Å². The maximum absolute atomic E-state index is 5.47. The summed E-state index contributed by atoms with van der Waals surface area (Å²) in [6.07, 6.45) is 4.06. The molecule has 0 radical (unpaired) electrons. The van der Waals surface area contributed by atoms with Crippen molar-refractivity contribution in [2.45, 2.75) is 26.4 Å². The summed E-state index contributed by atoms with van der Waals surface area (Å²) in [6, 6.07) is 3.62. The second kappa shape index (κ2) is 5.30. The molecule has 1 saturated heterocycles. The topological polar surface area (TPSA) is 47.3 Å². The van der Waals surface area contributed by atoms with Crippen molar-refractivity contribution in [1.82, 2.24) is 14.7 Å². The quantitative estimate of drug-likeness (QED) is 0.808. The van der Waals surface area contributed by atoms with Crippen molar-refractivity contribution in [3.8, 4) is 11.7 Å². The highest BCUT2D eigenvalue weighted by molar-refractivity contribution is 7.71. The summed E-state index contributed by atoms with van der Waals surface area (Å²) in [5.74, 6) is 1.87. The SMILES string of the molecule is CC1CCN(Cn2nc(-c3ccco3)oc2=S)CC1. The largest absolute Gasteiger partial charge is 0.459 e. The Hall–Kier alpha value is -1.40.